The molecule has 0 bridgehead atoms. The van der Waals surface area contributed by atoms with Gasteiger partial charge in [-0.25, -0.2) is 13.1 Å². The molecule has 0 atom stereocenters. The minimum atomic E-state index is -3.63. The Morgan fingerprint density at radius 1 is 0.893 bits per heavy atom. The molecule has 0 amide bonds. The van der Waals surface area contributed by atoms with Crippen LogP contribution in [0.4, 0.5) is 0 Å². The SMILES string of the molecule is Cc1ccc(/C=C(\CNS(=O)(=O)c2ccc(C)cc2)c2ccccc2Cl)cc1. The minimum Gasteiger partial charge on any atom is -0.207 e. The van der Waals surface area contributed by atoms with Crippen LogP contribution in [0.1, 0.15) is 22.3 Å². The van der Waals surface area contributed by atoms with Crippen LogP contribution in [0.5, 0.6) is 0 Å². The predicted octanol–water partition coefficient (Wildman–Crippen LogP) is 5.48. The second-order valence-electron chi connectivity index (χ2n) is 6.70. The maximum Gasteiger partial charge on any atom is 0.240 e. The maximum atomic E-state index is 12.7. The summed E-state index contributed by atoms with van der Waals surface area (Å²) in [6.07, 6.45) is 1.96. The summed E-state index contributed by atoms with van der Waals surface area (Å²) in [6.45, 7) is 4.08. The highest BCUT2D eigenvalue weighted by Gasteiger charge is 2.15. The van der Waals surface area contributed by atoms with Crippen LogP contribution < -0.4 is 4.72 Å². The zero-order valence-electron chi connectivity index (χ0n) is 15.8. The summed E-state index contributed by atoms with van der Waals surface area (Å²) in [4.78, 5) is 0.243. The number of hydrogen-bond donors (Lipinski definition) is 1. The Labute approximate surface area is 171 Å². The van der Waals surface area contributed by atoms with Gasteiger partial charge in [0.05, 0.1) is 4.90 Å². The average Bonchev–Trinajstić information content (AvgIpc) is 2.68. The molecule has 3 aromatic carbocycles. The molecule has 28 heavy (non-hydrogen) atoms. The van der Waals surface area contributed by atoms with Gasteiger partial charge in [-0.05, 0) is 54.8 Å². The van der Waals surface area contributed by atoms with E-state index in [4.69, 9.17) is 11.6 Å². The van der Waals surface area contributed by atoms with Gasteiger partial charge in [0.25, 0.3) is 0 Å². The molecule has 0 saturated heterocycles. The second kappa shape index (κ2) is 8.74. The van der Waals surface area contributed by atoms with Gasteiger partial charge < -0.3 is 0 Å². The number of hydrogen-bond acceptors (Lipinski definition) is 2. The first kappa shape index (κ1) is 20.3. The van der Waals surface area contributed by atoms with Gasteiger partial charge in [-0.3, -0.25) is 0 Å². The number of benzene rings is 3. The molecule has 3 nitrogen and oxygen atoms in total. The first-order valence-electron chi connectivity index (χ1n) is 8.94. The van der Waals surface area contributed by atoms with Gasteiger partial charge in [-0.15, -0.1) is 0 Å². The van der Waals surface area contributed by atoms with Gasteiger partial charge in [-0.1, -0.05) is 77.3 Å². The molecule has 0 fully saturated rings. The predicted molar refractivity (Wildman–Crippen MR) is 117 cm³/mol. The van der Waals surface area contributed by atoms with Crippen molar-refractivity contribution in [3.63, 3.8) is 0 Å². The van der Waals surface area contributed by atoms with Gasteiger partial charge in [0.15, 0.2) is 0 Å². The van der Waals surface area contributed by atoms with Gasteiger partial charge in [0.1, 0.15) is 0 Å². The van der Waals surface area contributed by atoms with Crippen molar-refractivity contribution in [1.82, 2.24) is 4.72 Å². The van der Waals surface area contributed by atoms with E-state index in [2.05, 4.69) is 4.72 Å². The highest BCUT2D eigenvalue weighted by Crippen LogP contribution is 2.26. The molecule has 144 valence electrons. The second-order valence-corrected chi connectivity index (χ2v) is 8.87. The van der Waals surface area contributed by atoms with Crippen LogP contribution in [0.2, 0.25) is 5.02 Å². The third-order valence-corrected chi connectivity index (χ3v) is 6.17. The third kappa shape index (κ3) is 5.10. The van der Waals surface area contributed by atoms with Crippen molar-refractivity contribution in [2.45, 2.75) is 18.7 Å². The van der Waals surface area contributed by atoms with Crippen LogP contribution in [0.25, 0.3) is 11.6 Å². The van der Waals surface area contributed by atoms with Crippen LogP contribution in [-0.2, 0) is 10.0 Å². The lowest BCUT2D eigenvalue weighted by molar-refractivity contribution is 0.586. The highest BCUT2D eigenvalue weighted by atomic mass is 35.5. The molecule has 0 saturated carbocycles. The summed E-state index contributed by atoms with van der Waals surface area (Å²) in [5, 5.41) is 0.579. The Morgan fingerprint density at radius 3 is 2.07 bits per heavy atom. The monoisotopic (exact) mass is 411 g/mol. The zero-order chi connectivity index (χ0) is 20.1. The Kier molecular flexibility index (Phi) is 6.35. The van der Waals surface area contributed by atoms with E-state index in [9.17, 15) is 8.42 Å². The Bertz CT molecular complexity index is 1090. The van der Waals surface area contributed by atoms with Crippen molar-refractivity contribution in [3.8, 4) is 0 Å². The fourth-order valence-corrected chi connectivity index (χ4v) is 4.05. The summed E-state index contributed by atoms with van der Waals surface area (Å²) in [5.74, 6) is 0. The molecule has 1 N–H and O–H groups in total. The van der Waals surface area contributed by atoms with Crippen LogP contribution in [-0.4, -0.2) is 15.0 Å². The van der Waals surface area contributed by atoms with Crippen LogP contribution in [0, 0.1) is 13.8 Å². The zero-order valence-corrected chi connectivity index (χ0v) is 17.4. The van der Waals surface area contributed by atoms with E-state index in [-0.39, 0.29) is 11.4 Å². The van der Waals surface area contributed by atoms with E-state index in [1.54, 1.807) is 30.3 Å². The minimum absolute atomic E-state index is 0.133. The van der Waals surface area contributed by atoms with E-state index < -0.39 is 10.0 Å². The fraction of sp³-hybridized carbons (Fsp3) is 0.130. The van der Waals surface area contributed by atoms with Gasteiger partial charge in [0.2, 0.25) is 10.0 Å². The van der Waals surface area contributed by atoms with Crippen molar-refractivity contribution >= 4 is 33.3 Å². The van der Waals surface area contributed by atoms with E-state index in [1.165, 1.54) is 0 Å². The molecule has 0 aliphatic carbocycles. The lowest BCUT2D eigenvalue weighted by Crippen LogP contribution is -2.25. The Balaban J connectivity index is 1.92. The van der Waals surface area contributed by atoms with E-state index in [0.29, 0.717) is 5.02 Å². The molecular formula is C23H22ClNO2S. The summed E-state index contributed by atoms with van der Waals surface area (Å²) >= 11 is 6.38. The molecule has 0 radical (unpaired) electrons. The molecule has 3 aromatic rings. The lowest BCUT2D eigenvalue weighted by atomic mass is 10.0. The van der Waals surface area contributed by atoms with E-state index in [0.717, 1.165) is 27.8 Å². The largest absolute Gasteiger partial charge is 0.240 e. The van der Waals surface area contributed by atoms with Crippen molar-refractivity contribution in [2.75, 3.05) is 6.54 Å². The molecule has 0 aromatic heterocycles. The standard InChI is InChI=1S/C23H22ClNO2S/c1-17-7-11-19(12-8-17)15-20(22-5-3-4-6-23(22)24)16-25-28(26,27)21-13-9-18(2)10-14-21/h3-15,25H,16H2,1-2H3/b20-15+. The van der Waals surface area contributed by atoms with Gasteiger partial charge >= 0.3 is 0 Å². The maximum absolute atomic E-state index is 12.7. The normalized spacial score (nSPS) is 12.2. The quantitative estimate of drug-likeness (QED) is 0.546. The first-order chi connectivity index (χ1) is 13.3. The smallest absolute Gasteiger partial charge is 0.207 e. The Hall–Kier alpha value is -2.40. The van der Waals surface area contributed by atoms with Crippen LogP contribution >= 0.6 is 11.6 Å². The number of nitrogens with one attached hydrogen (secondary N) is 1. The first-order valence-corrected chi connectivity index (χ1v) is 10.8. The summed E-state index contributed by atoms with van der Waals surface area (Å²) in [6, 6.07) is 22.3. The molecular weight excluding hydrogens is 390 g/mol. The van der Waals surface area contributed by atoms with Crippen molar-refractivity contribution in [3.05, 3.63) is 100 Å². The molecule has 0 aliphatic heterocycles. The summed E-state index contributed by atoms with van der Waals surface area (Å²) in [7, 11) is -3.63. The number of rotatable bonds is 6. The van der Waals surface area contributed by atoms with E-state index >= 15 is 0 Å². The topological polar surface area (TPSA) is 46.2 Å². The van der Waals surface area contributed by atoms with Crippen molar-refractivity contribution in [1.29, 1.82) is 0 Å². The van der Waals surface area contributed by atoms with Crippen molar-refractivity contribution < 1.29 is 8.42 Å². The Morgan fingerprint density at radius 2 is 1.46 bits per heavy atom. The van der Waals surface area contributed by atoms with Crippen LogP contribution in [0.3, 0.4) is 0 Å². The molecule has 0 unspecified atom stereocenters. The molecule has 0 spiro atoms. The number of aryl methyl sites for hydroxylation is 2. The summed E-state index contributed by atoms with van der Waals surface area (Å²) in [5.41, 5.74) is 4.75. The molecule has 0 heterocycles. The average molecular weight is 412 g/mol. The highest BCUT2D eigenvalue weighted by molar-refractivity contribution is 7.89. The van der Waals surface area contributed by atoms with Crippen molar-refractivity contribution in [2.24, 2.45) is 0 Å². The van der Waals surface area contributed by atoms with Crippen LogP contribution in [0.15, 0.2) is 77.7 Å². The molecule has 0 aliphatic rings. The van der Waals surface area contributed by atoms with Gasteiger partial charge in [-0.2, -0.15) is 0 Å². The fourth-order valence-electron chi connectivity index (χ4n) is 2.78. The van der Waals surface area contributed by atoms with Gasteiger partial charge in [0, 0.05) is 11.6 Å². The van der Waals surface area contributed by atoms with E-state index in [1.807, 2.05) is 62.4 Å². The molecule has 3 rings (SSSR count). The molecule has 5 heteroatoms. The third-order valence-electron chi connectivity index (χ3n) is 4.42. The lowest BCUT2D eigenvalue weighted by Gasteiger charge is -2.13. The summed E-state index contributed by atoms with van der Waals surface area (Å²) < 4.78 is 28.1. The number of halogens is 1. The number of sulfonamides is 1.